The van der Waals surface area contributed by atoms with Gasteiger partial charge in [-0.15, -0.1) is 22.7 Å². The number of thiazole rings is 2. The van der Waals surface area contributed by atoms with Crippen LogP contribution in [0.15, 0.2) is 11.6 Å². The van der Waals surface area contributed by atoms with Crippen molar-refractivity contribution in [2.24, 2.45) is 0 Å². The minimum atomic E-state index is 0.594. The van der Waals surface area contributed by atoms with Gasteiger partial charge in [-0.05, 0) is 0 Å². The van der Waals surface area contributed by atoms with E-state index in [2.05, 4.69) is 9.97 Å². The first-order chi connectivity index (χ1) is 7.29. The standard InChI is InChI=1S/C9H11N3OS2/c1-13-3-2-8-11-4-7(15-8)6-5-14-9(10)12-6/h4-5H,2-3H2,1H3,(H2,10,12). The normalized spacial score (nSPS) is 10.7. The van der Waals surface area contributed by atoms with E-state index < -0.39 is 0 Å². The third-order valence-electron chi connectivity index (χ3n) is 1.85. The number of rotatable bonds is 4. The van der Waals surface area contributed by atoms with E-state index in [1.807, 2.05) is 11.6 Å². The summed E-state index contributed by atoms with van der Waals surface area (Å²) in [6.07, 6.45) is 2.69. The van der Waals surface area contributed by atoms with Crippen molar-refractivity contribution in [1.82, 2.24) is 9.97 Å². The lowest BCUT2D eigenvalue weighted by molar-refractivity contribution is 0.202. The molecule has 0 unspecified atom stereocenters. The van der Waals surface area contributed by atoms with E-state index in [1.165, 1.54) is 11.3 Å². The van der Waals surface area contributed by atoms with Crippen LogP contribution in [0, 0.1) is 0 Å². The Morgan fingerprint density at radius 3 is 3.07 bits per heavy atom. The summed E-state index contributed by atoms with van der Waals surface area (Å²) in [6.45, 7) is 0.701. The molecule has 4 nitrogen and oxygen atoms in total. The predicted molar refractivity (Wildman–Crippen MR) is 63.2 cm³/mol. The Balaban J connectivity index is 2.13. The van der Waals surface area contributed by atoms with E-state index in [0.29, 0.717) is 11.7 Å². The van der Waals surface area contributed by atoms with E-state index in [-0.39, 0.29) is 0 Å². The molecule has 2 N–H and O–H groups in total. The van der Waals surface area contributed by atoms with Gasteiger partial charge in [-0.1, -0.05) is 0 Å². The number of hydrogen-bond donors (Lipinski definition) is 1. The van der Waals surface area contributed by atoms with Crippen molar-refractivity contribution in [1.29, 1.82) is 0 Å². The molecule has 0 amide bonds. The van der Waals surface area contributed by atoms with Crippen LogP contribution in [0.3, 0.4) is 0 Å². The lowest BCUT2D eigenvalue weighted by Crippen LogP contribution is -1.92. The van der Waals surface area contributed by atoms with Gasteiger partial charge in [0.25, 0.3) is 0 Å². The minimum Gasteiger partial charge on any atom is -0.384 e. The largest absolute Gasteiger partial charge is 0.384 e. The highest BCUT2D eigenvalue weighted by Gasteiger charge is 2.07. The lowest BCUT2D eigenvalue weighted by Gasteiger charge is -1.92. The second-order valence-electron chi connectivity index (χ2n) is 2.93. The van der Waals surface area contributed by atoms with Crippen LogP contribution in [0.5, 0.6) is 0 Å². The molecule has 2 aromatic rings. The molecule has 80 valence electrons. The molecule has 2 heterocycles. The van der Waals surface area contributed by atoms with Crippen molar-refractivity contribution >= 4 is 27.8 Å². The van der Waals surface area contributed by atoms with Gasteiger partial charge < -0.3 is 10.5 Å². The molecule has 2 rings (SSSR count). The summed E-state index contributed by atoms with van der Waals surface area (Å²) in [6, 6.07) is 0. The molecule has 0 saturated heterocycles. The van der Waals surface area contributed by atoms with E-state index in [9.17, 15) is 0 Å². The van der Waals surface area contributed by atoms with Gasteiger partial charge in [-0.3, -0.25) is 0 Å². The first-order valence-electron chi connectivity index (χ1n) is 4.44. The molecular formula is C9H11N3OS2. The number of nitrogen functional groups attached to an aromatic ring is 1. The second-order valence-corrected chi connectivity index (χ2v) is 4.94. The molecule has 0 spiro atoms. The molecule has 0 atom stereocenters. The highest BCUT2D eigenvalue weighted by Crippen LogP contribution is 2.28. The van der Waals surface area contributed by atoms with Gasteiger partial charge in [0, 0.05) is 25.1 Å². The second kappa shape index (κ2) is 4.69. The highest BCUT2D eigenvalue weighted by atomic mass is 32.1. The van der Waals surface area contributed by atoms with Gasteiger partial charge in [0.1, 0.15) is 0 Å². The Bertz CT molecular complexity index is 438. The maximum absolute atomic E-state index is 5.57. The van der Waals surface area contributed by atoms with E-state index in [0.717, 1.165) is 22.0 Å². The lowest BCUT2D eigenvalue weighted by atomic mass is 10.4. The van der Waals surface area contributed by atoms with Crippen LogP contribution in [0.4, 0.5) is 5.13 Å². The number of ether oxygens (including phenoxy) is 1. The SMILES string of the molecule is COCCc1ncc(-c2csc(N)n2)s1. The Hall–Kier alpha value is -0.980. The molecule has 0 aliphatic heterocycles. The van der Waals surface area contributed by atoms with Crippen molar-refractivity contribution in [3.63, 3.8) is 0 Å². The molecule has 0 saturated carbocycles. The Kier molecular flexibility index (Phi) is 3.30. The van der Waals surface area contributed by atoms with Crippen molar-refractivity contribution < 1.29 is 4.74 Å². The number of nitrogens with zero attached hydrogens (tertiary/aromatic N) is 2. The van der Waals surface area contributed by atoms with Gasteiger partial charge >= 0.3 is 0 Å². The summed E-state index contributed by atoms with van der Waals surface area (Å²) in [5, 5.41) is 3.61. The summed E-state index contributed by atoms with van der Waals surface area (Å²) >= 11 is 3.08. The molecule has 2 aromatic heterocycles. The molecule has 0 aliphatic carbocycles. The van der Waals surface area contributed by atoms with Gasteiger partial charge in [0.2, 0.25) is 0 Å². The number of hydrogen-bond acceptors (Lipinski definition) is 6. The molecule has 0 fully saturated rings. The van der Waals surface area contributed by atoms with E-state index in [1.54, 1.807) is 18.4 Å². The number of nitrogens with two attached hydrogens (primary N) is 1. The van der Waals surface area contributed by atoms with Crippen molar-refractivity contribution in [3.8, 4) is 10.6 Å². The van der Waals surface area contributed by atoms with Gasteiger partial charge in [0.05, 0.1) is 22.2 Å². The maximum Gasteiger partial charge on any atom is 0.180 e. The van der Waals surface area contributed by atoms with Crippen LogP contribution in [0.2, 0.25) is 0 Å². The Morgan fingerprint density at radius 1 is 1.53 bits per heavy atom. The maximum atomic E-state index is 5.57. The monoisotopic (exact) mass is 241 g/mol. The van der Waals surface area contributed by atoms with Crippen LogP contribution in [-0.2, 0) is 11.2 Å². The minimum absolute atomic E-state index is 0.594. The summed E-state index contributed by atoms with van der Waals surface area (Å²) in [4.78, 5) is 9.58. The fraction of sp³-hybridized carbons (Fsp3) is 0.333. The summed E-state index contributed by atoms with van der Waals surface area (Å²) in [7, 11) is 1.69. The van der Waals surface area contributed by atoms with Crippen molar-refractivity contribution in [2.45, 2.75) is 6.42 Å². The first kappa shape index (κ1) is 10.5. The number of anilines is 1. The molecule has 0 bridgehead atoms. The van der Waals surface area contributed by atoms with Crippen LogP contribution in [0.25, 0.3) is 10.6 Å². The number of methoxy groups -OCH3 is 1. The topological polar surface area (TPSA) is 61.0 Å². The summed E-state index contributed by atoms with van der Waals surface area (Å²) in [5.74, 6) is 0. The third kappa shape index (κ3) is 2.53. The van der Waals surface area contributed by atoms with Crippen molar-refractivity contribution in [3.05, 3.63) is 16.6 Å². The summed E-state index contributed by atoms with van der Waals surface area (Å²) < 4.78 is 5.00. The molecular weight excluding hydrogens is 230 g/mol. The smallest absolute Gasteiger partial charge is 0.180 e. The average molecular weight is 241 g/mol. The predicted octanol–water partition coefficient (Wildman–Crippen LogP) is 2.04. The molecule has 0 aromatic carbocycles. The highest BCUT2D eigenvalue weighted by molar-refractivity contribution is 7.16. The quantitative estimate of drug-likeness (QED) is 0.889. The van der Waals surface area contributed by atoms with E-state index >= 15 is 0 Å². The molecule has 0 radical (unpaired) electrons. The first-order valence-corrected chi connectivity index (χ1v) is 6.14. The zero-order valence-electron chi connectivity index (χ0n) is 8.27. The summed E-state index contributed by atoms with van der Waals surface area (Å²) in [5.41, 5.74) is 6.49. The van der Waals surface area contributed by atoms with Crippen LogP contribution in [0.1, 0.15) is 5.01 Å². The molecule has 0 aliphatic rings. The Morgan fingerprint density at radius 2 is 2.40 bits per heavy atom. The van der Waals surface area contributed by atoms with E-state index in [4.69, 9.17) is 10.5 Å². The van der Waals surface area contributed by atoms with Gasteiger partial charge in [-0.2, -0.15) is 0 Å². The molecule has 15 heavy (non-hydrogen) atoms. The van der Waals surface area contributed by atoms with Gasteiger partial charge in [-0.25, -0.2) is 9.97 Å². The Labute approximate surface area is 95.8 Å². The molecule has 6 heteroatoms. The van der Waals surface area contributed by atoms with Crippen LogP contribution in [-0.4, -0.2) is 23.7 Å². The fourth-order valence-corrected chi connectivity index (χ4v) is 2.63. The third-order valence-corrected chi connectivity index (χ3v) is 3.60. The van der Waals surface area contributed by atoms with Crippen molar-refractivity contribution in [2.75, 3.05) is 19.5 Å². The van der Waals surface area contributed by atoms with Crippen LogP contribution >= 0.6 is 22.7 Å². The average Bonchev–Trinajstić information content (AvgIpc) is 2.83. The van der Waals surface area contributed by atoms with Crippen LogP contribution < -0.4 is 5.73 Å². The van der Waals surface area contributed by atoms with Gasteiger partial charge in [0.15, 0.2) is 5.13 Å². The number of aromatic nitrogens is 2. The zero-order valence-corrected chi connectivity index (χ0v) is 9.90. The fourth-order valence-electron chi connectivity index (χ4n) is 1.13. The zero-order chi connectivity index (χ0) is 10.7.